The van der Waals surface area contributed by atoms with E-state index in [1.807, 2.05) is 12.1 Å². The van der Waals surface area contributed by atoms with Crippen molar-refractivity contribution in [2.45, 2.75) is 12.8 Å². The zero-order valence-corrected chi connectivity index (χ0v) is 11.7. The Hall–Kier alpha value is -1.75. The second-order valence-corrected chi connectivity index (χ2v) is 5.27. The fourth-order valence-electron chi connectivity index (χ4n) is 2.72. The predicted molar refractivity (Wildman–Crippen MR) is 79.3 cm³/mol. The van der Waals surface area contributed by atoms with Crippen molar-refractivity contribution in [3.63, 3.8) is 0 Å². The molecule has 3 rings (SSSR count). The van der Waals surface area contributed by atoms with E-state index < -0.39 is 0 Å². The summed E-state index contributed by atoms with van der Waals surface area (Å²) in [5.74, 6) is 0. The van der Waals surface area contributed by atoms with E-state index in [2.05, 4.69) is 22.3 Å². The Balaban J connectivity index is 1.64. The molecule has 0 saturated carbocycles. The Bertz CT molecular complexity index is 466. The average Bonchev–Trinajstić information content (AvgIpc) is 3.03. The third kappa shape index (κ3) is 3.04. The molecule has 2 saturated heterocycles. The van der Waals surface area contributed by atoms with E-state index in [0.717, 1.165) is 18.8 Å². The molecule has 5 heteroatoms. The molecule has 2 aliphatic heterocycles. The van der Waals surface area contributed by atoms with Crippen LogP contribution in [0.25, 0.3) is 0 Å². The summed E-state index contributed by atoms with van der Waals surface area (Å²) in [6.07, 6.45) is 2.51. The Kier molecular flexibility index (Phi) is 4.06. The number of amides is 2. The zero-order valence-electron chi connectivity index (χ0n) is 11.7. The lowest BCUT2D eigenvalue weighted by atomic mass is 10.2. The third-order valence-electron chi connectivity index (χ3n) is 3.87. The Morgan fingerprint density at radius 1 is 1.10 bits per heavy atom. The molecule has 0 radical (unpaired) electrons. The van der Waals surface area contributed by atoms with Crippen molar-refractivity contribution in [2.75, 3.05) is 49.6 Å². The van der Waals surface area contributed by atoms with Crippen molar-refractivity contribution < 1.29 is 9.53 Å². The van der Waals surface area contributed by atoms with Crippen molar-refractivity contribution >= 4 is 17.4 Å². The highest BCUT2D eigenvalue weighted by Gasteiger charge is 2.17. The van der Waals surface area contributed by atoms with Gasteiger partial charge in [0.15, 0.2) is 0 Å². The maximum absolute atomic E-state index is 12.1. The molecule has 0 aromatic heterocycles. The van der Waals surface area contributed by atoms with E-state index in [9.17, 15) is 4.79 Å². The van der Waals surface area contributed by atoms with E-state index in [1.54, 1.807) is 4.90 Å². The number of benzene rings is 1. The van der Waals surface area contributed by atoms with Gasteiger partial charge in [0, 0.05) is 37.6 Å². The highest BCUT2D eigenvalue weighted by molar-refractivity contribution is 5.90. The van der Waals surface area contributed by atoms with Crippen molar-refractivity contribution in [2.24, 2.45) is 0 Å². The van der Waals surface area contributed by atoms with Crippen LogP contribution in [0.15, 0.2) is 24.3 Å². The molecule has 5 nitrogen and oxygen atoms in total. The highest BCUT2D eigenvalue weighted by Crippen LogP contribution is 2.23. The van der Waals surface area contributed by atoms with Gasteiger partial charge in [0.1, 0.15) is 0 Å². The van der Waals surface area contributed by atoms with Crippen LogP contribution in [0.3, 0.4) is 0 Å². The molecule has 2 amide bonds. The molecule has 1 aromatic rings. The minimum Gasteiger partial charge on any atom is -0.378 e. The van der Waals surface area contributed by atoms with Gasteiger partial charge in [-0.1, -0.05) is 6.07 Å². The molecule has 0 unspecified atom stereocenters. The van der Waals surface area contributed by atoms with E-state index in [-0.39, 0.29) is 6.03 Å². The quantitative estimate of drug-likeness (QED) is 0.899. The number of hydrogen-bond donors (Lipinski definition) is 1. The summed E-state index contributed by atoms with van der Waals surface area (Å²) >= 11 is 0. The van der Waals surface area contributed by atoms with Gasteiger partial charge in [-0.15, -0.1) is 0 Å². The maximum Gasteiger partial charge on any atom is 0.322 e. The summed E-state index contributed by atoms with van der Waals surface area (Å²) in [7, 11) is 0. The first-order valence-corrected chi connectivity index (χ1v) is 7.31. The number of ether oxygens (including phenoxy) is 1. The van der Waals surface area contributed by atoms with Gasteiger partial charge in [0.2, 0.25) is 0 Å². The number of hydrogen-bond acceptors (Lipinski definition) is 3. The molecule has 108 valence electrons. The molecule has 0 spiro atoms. The number of nitrogens with one attached hydrogen (secondary N) is 1. The summed E-state index contributed by atoms with van der Waals surface area (Å²) in [6.45, 7) is 4.81. The molecule has 1 aromatic carbocycles. The van der Waals surface area contributed by atoms with Crippen LogP contribution in [0.2, 0.25) is 0 Å². The van der Waals surface area contributed by atoms with Crippen molar-refractivity contribution in [3.8, 4) is 0 Å². The van der Waals surface area contributed by atoms with Crippen molar-refractivity contribution in [1.82, 2.24) is 4.90 Å². The SMILES string of the molecule is O=C(Nc1cccc(N2CCCC2)c1)N1CCOCC1. The largest absolute Gasteiger partial charge is 0.378 e. The highest BCUT2D eigenvalue weighted by atomic mass is 16.5. The first kappa shape index (κ1) is 13.2. The number of carbonyl (C=O) groups is 1. The van der Waals surface area contributed by atoms with E-state index in [4.69, 9.17) is 4.74 Å². The summed E-state index contributed by atoms with van der Waals surface area (Å²) in [5.41, 5.74) is 2.06. The van der Waals surface area contributed by atoms with Crippen LogP contribution in [-0.2, 0) is 4.74 Å². The molecular formula is C15H21N3O2. The molecule has 0 bridgehead atoms. The first-order chi connectivity index (χ1) is 9.83. The van der Waals surface area contributed by atoms with Gasteiger partial charge in [0.05, 0.1) is 13.2 Å². The molecule has 0 aliphatic carbocycles. The first-order valence-electron chi connectivity index (χ1n) is 7.31. The normalized spacial score (nSPS) is 19.2. The second kappa shape index (κ2) is 6.13. The maximum atomic E-state index is 12.1. The summed E-state index contributed by atoms with van der Waals surface area (Å²) in [6, 6.07) is 8.08. The second-order valence-electron chi connectivity index (χ2n) is 5.27. The molecular weight excluding hydrogens is 254 g/mol. The number of carbonyl (C=O) groups excluding carboxylic acids is 1. The number of anilines is 2. The number of morpholine rings is 1. The van der Waals surface area contributed by atoms with E-state index >= 15 is 0 Å². The standard InChI is InChI=1S/C15H21N3O2/c19-15(18-8-10-20-11-9-18)16-13-4-3-5-14(12-13)17-6-1-2-7-17/h3-5,12H,1-2,6-11H2,(H,16,19). The molecule has 20 heavy (non-hydrogen) atoms. The fourth-order valence-corrected chi connectivity index (χ4v) is 2.72. The Labute approximate surface area is 119 Å². The van der Waals surface area contributed by atoms with Gasteiger partial charge >= 0.3 is 6.03 Å². The van der Waals surface area contributed by atoms with Gasteiger partial charge in [-0.3, -0.25) is 0 Å². The molecule has 1 N–H and O–H groups in total. The van der Waals surface area contributed by atoms with Gasteiger partial charge in [0.25, 0.3) is 0 Å². The van der Waals surface area contributed by atoms with Crippen LogP contribution in [0, 0.1) is 0 Å². The predicted octanol–water partition coefficient (Wildman–Crippen LogP) is 2.15. The van der Waals surface area contributed by atoms with Gasteiger partial charge in [-0.2, -0.15) is 0 Å². The van der Waals surface area contributed by atoms with E-state index in [0.29, 0.717) is 26.3 Å². The van der Waals surface area contributed by atoms with Gasteiger partial charge < -0.3 is 19.9 Å². The van der Waals surface area contributed by atoms with E-state index in [1.165, 1.54) is 18.5 Å². The zero-order chi connectivity index (χ0) is 13.8. The van der Waals surface area contributed by atoms with Crippen LogP contribution in [-0.4, -0.2) is 50.3 Å². The average molecular weight is 275 g/mol. The minimum absolute atomic E-state index is 0.0353. The Morgan fingerprint density at radius 3 is 2.60 bits per heavy atom. The third-order valence-corrected chi connectivity index (χ3v) is 3.87. The number of rotatable bonds is 2. The van der Waals surface area contributed by atoms with Crippen molar-refractivity contribution in [3.05, 3.63) is 24.3 Å². The lowest BCUT2D eigenvalue weighted by Gasteiger charge is -2.27. The van der Waals surface area contributed by atoms with Gasteiger partial charge in [-0.05, 0) is 31.0 Å². The summed E-state index contributed by atoms with van der Waals surface area (Å²) in [5, 5.41) is 2.98. The van der Waals surface area contributed by atoms with Crippen molar-refractivity contribution in [1.29, 1.82) is 0 Å². The topological polar surface area (TPSA) is 44.8 Å². The van der Waals surface area contributed by atoms with Crippen LogP contribution in [0.1, 0.15) is 12.8 Å². The number of nitrogens with zero attached hydrogens (tertiary/aromatic N) is 2. The monoisotopic (exact) mass is 275 g/mol. The Morgan fingerprint density at radius 2 is 1.85 bits per heavy atom. The number of urea groups is 1. The lowest BCUT2D eigenvalue weighted by Crippen LogP contribution is -2.43. The van der Waals surface area contributed by atoms with Crippen LogP contribution < -0.4 is 10.2 Å². The van der Waals surface area contributed by atoms with Crippen LogP contribution in [0.5, 0.6) is 0 Å². The fraction of sp³-hybridized carbons (Fsp3) is 0.533. The van der Waals surface area contributed by atoms with Crippen LogP contribution in [0.4, 0.5) is 16.2 Å². The molecule has 2 fully saturated rings. The smallest absolute Gasteiger partial charge is 0.322 e. The molecule has 0 atom stereocenters. The molecule has 2 aliphatic rings. The van der Waals surface area contributed by atoms with Crippen LogP contribution >= 0.6 is 0 Å². The molecule has 2 heterocycles. The summed E-state index contributed by atoms with van der Waals surface area (Å²) < 4.78 is 5.26. The lowest BCUT2D eigenvalue weighted by molar-refractivity contribution is 0.0564. The minimum atomic E-state index is -0.0353. The summed E-state index contributed by atoms with van der Waals surface area (Å²) in [4.78, 5) is 16.3. The van der Waals surface area contributed by atoms with Gasteiger partial charge in [-0.25, -0.2) is 4.79 Å².